The highest BCUT2D eigenvalue weighted by Gasteiger charge is 2.24. The van der Waals surface area contributed by atoms with Gasteiger partial charge in [-0.3, -0.25) is 9.59 Å². The maximum absolute atomic E-state index is 12.4. The van der Waals surface area contributed by atoms with Crippen molar-refractivity contribution in [1.29, 1.82) is 0 Å². The molecule has 0 unspecified atom stereocenters. The number of carbonyl (C=O) groups excluding carboxylic acids is 1. The fraction of sp³-hybridized carbons (Fsp3) is 0.185. The van der Waals surface area contributed by atoms with E-state index in [9.17, 15) is 9.59 Å². The first kappa shape index (κ1) is 25.4. The number of para-hydroxylation sites is 1. The number of aromatic nitrogens is 3. The van der Waals surface area contributed by atoms with Gasteiger partial charge < -0.3 is 26.3 Å². The fourth-order valence-electron chi connectivity index (χ4n) is 4.18. The molecule has 10 nitrogen and oxygen atoms in total. The molecule has 0 radical (unpaired) electrons. The van der Waals surface area contributed by atoms with E-state index < -0.39 is 5.56 Å². The molecule has 2 aromatic heterocycles. The maximum atomic E-state index is 12.4. The van der Waals surface area contributed by atoms with Crippen LogP contribution in [0.5, 0.6) is 0 Å². The highest BCUT2D eigenvalue weighted by Crippen LogP contribution is 2.31. The van der Waals surface area contributed by atoms with Crippen LogP contribution >= 0.6 is 0 Å². The summed E-state index contributed by atoms with van der Waals surface area (Å²) in [5.74, 6) is -0.158. The number of hydrogen-bond donors (Lipinski definition) is 4. The van der Waals surface area contributed by atoms with E-state index in [0.717, 1.165) is 22.2 Å². The zero-order chi connectivity index (χ0) is 26.7. The number of nitrogen functional groups attached to an aromatic ring is 2. The summed E-state index contributed by atoms with van der Waals surface area (Å²) in [5.41, 5.74) is 16.4. The molecule has 0 bridgehead atoms. The Kier molecular flexibility index (Phi) is 7.21. The number of H-pyrrole nitrogens is 1. The van der Waals surface area contributed by atoms with E-state index in [1.54, 1.807) is 30.3 Å². The van der Waals surface area contributed by atoms with Gasteiger partial charge in [0.05, 0.1) is 16.9 Å². The Morgan fingerprint density at radius 1 is 1.16 bits per heavy atom. The number of likely N-dealkylation sites (N-methyl/N-ethyl adjacent to an activating group) is 1. The largest absolute Gasteiger partial charge is 0.394 e. The Labute approximate surface area is 214 Å². The number of rotatable bonds is 7. The first-order chi connectivity index (χ1) is 17.7. The number of aliphatic imine (C=N–C) groups is 1. The molecule has 0 aliphatic heterocycles. The van der Waals surface area contributed by atoms with Crippen molar-refractivity contribution >= 4 is 45.4 Å². The second-order valence-electron chi connectivity index (χ2n) is 8.94. The van der Waals surface area contributed by atoms with Gasteiger partial charge in [0.2, 0.25) is 5.91 Å². The molecule has 4 aromatic rings. The number of nitrogens with zero attached hydrogens (tertiary/aromatic N) is 4. The first-order valence-corrected chi connectivity index (χ1v) is 11.7. The van der Waals surface area contributed by atoms with Crippen LogP contribution in [-0.2, 0) is 11.8 Å². The summed E-state index contributed by atoms with van der Waals surface area (Å²) in [6, 6.07) is 15.0. The molecule has 0 aliphatic rings. The van der Waals surface area contributed by atoms with Crippen molar-refractivity contribution in [3.05, 3.63) is 87.9 Å². The number of fused-ring (bicyclic) bond motifs is 1. The van der Waals surface area contributed by atoms with Gasteiger partial charge in [-0.25, -0.2) is 10.1 Å². The predicted molar refractivity (Wildman–Crippen MR) is 149 cm³/mol. The Bertz CT molecular complexity index is 1540. The summed E-state index contributed by atoms with van der Waals surface area (Å²) in [7, 11) is 5.78. The molecular formula is C27H30N8O2. The van der Waals surface area contributed by atoms with Gasteiger partial charge in [-0.05, 0) is 56.9 Å². The van der Waals surface area contributed by atoms with Crippen LogP contribution in [0.3, 0.4) is 0 Å². The normalized spacial score (nSPS) is 12.1. The lowest BCUT2D eigenvalue weighted by molar-refractivity contribution is -0.111. The smallest absolute Gasteiger partial charge is 0.288 e. The third-order valence-corrected chi connectivity index (χ3v) is 5.98. The quantitative estimate of drug-likeness (QED) is 0.227. The molecule has 4 rings (SSSR count). The Hall–Kier alpha value is -4.70. The zero-order valence-corrected chi connectivity index (χ0v) is 21.2. The van der Waals surface area contributed by atoms with Crippen molar-refractivity contribution in [3.8, 4) is 0 Å². The second kappa shape index (κ2) is 10.5. The molecule has 6 N–H and O–H groups in total. The number of benzene rings is 2. The Morgan fingerprint density at radius 3 is 2.54 bits per heavy atom. The molecule has 37 heavy (non-hydrogen) atoms. The van der Waals surface area contributed by atoms with Gasteiger partial charge in [0.15, 0.2) is 5.82 Å². The van der Waals surface area contributed by atoms with Crippen LogP contribution in [0.1, 0.15) is 16.8 Å². The molecule has 0 spiro atoms. The van der Waals surface area contributed by atoms with Crippen LogP contribution < -0.4 is 22.3 Å². The molecule has 0 atom stereocenters. The fourth-order valence-corrected chi connectivity index (χ4v) is 4.18. The Balaban J connectivity index is 1.79. The third-order valence-electron chi connectivity index (χ3n) is 5.98. The van der Waals surface area contributed by atoms with Gasteiger partial charge in [-0.2, -0.15) is 5.10 Å². The summed E-state index contributed by atoms with van der Waals surface area (Å²) < 4.78 is 2.00. The molecule has 1 amide bonds. The van der Waals surface area contributed by atoms with Crippen molar-refractivity contribution in [2.24, 2.45) is 12.0 Å². The van der Waals surface area contributed by atoms with E-state index in [2.05, 4.69) is 15.5 Å². The second-order valence-corrected chi connectivity index (χ2v) is 8.94. The number of nitrogens with one attached hydrogen (secondary N) is 2. The van der Waals surface area contributed by atoms with Gasteiger partial charge in [0.1, 0.15) is 11.4 Å². The van der Waals surface area contributed by atoms with E-state index >= 15 is 0 Å². The molecule has 0 saturated carbocycles. The standard InChI is InChI=1S/C27H30N8O2/c1-16-19-8-5-6-9-20(19)35(4)25(16)24(22-23(28)27(37)33-32-26(22)29)31-18-13-11-17(12-14-18)30-21(36)10-7-15-34(2)3/h5-14H,15H2,1-4H3,(H,30,36)(H,33,37)(H4,28,29,32)/b10-7+,31-24?. The molecule has 2 heterocycles. The van der Waals surface area contributed by atoms with Gasteiger partial charge in [0.25, 0.3) is 5.56 Å². The molecule has 0 saturated heterocycles. The highest BCUT2D eigenvalue weighted by molar-refractivity contribution is 6.20. The topological polar surface area (TPSA) is 147 Å². The minimum Gasteiger partial charge on any atom is -0.394 e. The monoisotopic (exact) mass is 498 g/mol. The van der Waals surface area contributed by atoms with E-state index in [1.807, 2.05) is 61.8 Å². The number of hydrogen-bond acceptors (Lipinski definition) is 7. The SMILES string of the molecule is Cc1c(C(=Nc2ccc(NC(=O)/C=C/CN(C)C)cc2)c2c(N)n[nH]c(=O)c2N)n(C)c2ccccc12. The maximum Gasteiger partial charge on any atom is 0.288 e. The lowest BCUT2D eigenvalue weighted by Crippen LogP contribution is -2.23. The number of aromatic amines is 1. The van der Waals surface area contributed by atoms with Gasteiger partial charge in [-0.1, -0.05) is 24.3 Å². The number of anilines is 3. The van der Waals surface area contributed by atoms with Crippen LogP contribution in [0.2, 0.25) is 0 Å². The lowest BCUT2D eigenvalue weighted by Gasteiger charge is -2.14. The number of amides is 1. The van der Waals surface area contributed by atoms with Crippen LogP contribution in [0.15, 0.2) is 70.5 Å². The average Bonchev–Trinajstić information content (AvgIpc) is 3.12. The summed E-state index contributed by atoms with van der Waals surface area (Å²) in [6.07, 6.45) is 3.29. The average molecular weight is 499 g/mol. The molecule has 2 aromatic carbocycles. The zero-order valence-electron chi connectivity index (χ0n) is 21.2. The van der Waals surface area contributed by atoms with Crippen LogP contribution in [0.25, 0.3) is 10.9 Å². The van der Waals surface area contributed by atoms with E-state index in [4.69, 9.17) is 16.5 Å². The molecule has 190 valence electrons. The van der Waals surface area contributed by atoms with Crippen LogP contribution in [0, 0.1) is 6.92 Å². The van der Waals surface area contributed by atoms with Crippen molar-refractivity contribution in [3.63, 3.8) is 0 Å². The van der Waals surface area contributed by atoms with Gasteiger partial charge in [0, 0.05) is 36.3 Å². The van der Waals surface area contributed by atoms with Crippen LogP contribution in [-0.4, -0.2) is 51.9 Å². The summed E-state index contributed by atoms with van der Waals surface area (Å²) in [4.78, 5) is 31.4. The molecule has 10 heteroatoms. The summed E-state index contributed by atoms with van der Waals surface area (Å²) in [6.45, 7) is 2.66. The number of carbonyl (C=O) groups is 1. The minimum absolute atomic E-state index is 0.0638. The Morgan fingerprint density at radius 2 is 1.86 bits per heavy atom. The van der Waals surface area contributed by atoms with Crippen LogP contribution in [0.4, 0.5) is 22.9 Å². The number of aryl methyl sites for hydroxylation is 2. The summed E-state index contributed by atoms with van der Waals surface area (Å²) in [5, 5.41) is 10.1. The van der Waals surface area contributed by atoms with Crippen molar-refractivity contribution < 1.29 is 4.79 Å². The van der Waals surface area contributed by atoms with Gasteiger partial charge in [-0.15, -0.1) is 0 Å². The minimum atomic E-state index is -0.548. The van der Waals surface area contributed by atoms with Crippen molar-refractivity contribution in [1.82, 2.24) is 19.7 Å². The number of nitrogens with two attached hydrogens (primary N) is 2. The first-order valence-electron chi connectivity index (χ1n) is 11.7. The molecule has 0 fully saturated rings. The highest BCUT2D eigenvalue weighted by atomic mass is 16.1. The van der Waals surface area contributed by atoms with E-state index in [0.29, 0.717) is 23.6 Å². The van der Waals surface area contributed by atoms with E-state index in [1.165, 1.54) is 6.08 Å². The summed E-state index contributed by atoms with van der Waals surface area (Å²) >= 11 is 0. The van der Waals surface area contributed by atoms with Crippen molar-refractivity contribution in [2.45, 2.75) is 6.92 Å². The molecule has 0 aliphatic carbocycles. The van der Waals surface area contributed by atoms with Gasteiger partial charge >= 0.3 is 0 Å². The lowest BCUT2D eigenvalue weighted by atomic mass is 10.0. The predicted octanol–water partition coefficient (Wildman–Crippen LogP) is 2.96. The third kappa shape index (κ3) is 5.29. The van der Waals surface area contributed by atoms with E-state index in [-0.39, 0.29) is 23.0 Å². The van der Waals surface area contributed by atoms with Crippen molar-refractivity contribution in [2.75, 3.05) is 37.4 Å². The molecular weight excluding hydrogens is 468 g/mol.